The Bertz CT molecular complexity index is 684. The van der Waals surface area contributed by atoms with Crippen molar-refractivity contribution in [1.82, 2.24) is 0 Å². The Morgan fingerprint density at radius 2 is 1.77 bits per heavy atom. The Kier molecular flexibility index (Phi) is 4.94. The van der Waals surface area contributed by atoms with Crippen LogP contribution in [-0.2, 0) is 6.18 Å². The zero-order valence-electron chi connectivity index (χ0n) is 11.4. The summed E-state index contributed by atoms with van der Waals surface area (Å²) in [5, 5.41) is 2.59. The second-order valence-corrected chi connectivity index (χ2v) is 5.54. The quantitative estimate of drug-likeness (QED) is 0.738. The standard InChI is InChI=1S/C15H11F3INO2/c1-22-11-5-2-9(3-6-11)14(21)20-13-7-4-10(8-12(13)19)15(16,17)18/h2-8H,1H3,(H,20,21). The SMILES string of the molecule is COc1ccc(C(=O)Nc2ccc(C(F)(F)F)cc2I)cc1. The van der Waals surface area contributed by atoms with Gasteiger partial charge in [-0.2, -0.15) is 13.2 Å². The minimum Gasteiger partial charge on any atom is -0.497 e. The molecule has 1 N–H and O–H groups in total. The molecule has 0 fully saturated rings. The molecular formula is C15H11F3INO2. The van der Waals surface area contributed by atoms with Crippen LogP contribution in [0.2, 0.25) is 0 Å². The molecule has 0 aliphatic carbocycles. The summed E-state index contributed by atoms with van der Waals surface area (Å²) >= 11 is 1.76. The summed E-state index contributed by atoms with van der Waals surface area (Å²) in [6.07, 6.45) is -4.40. The molecule has 0 atom stereocenters. The lowest BCUT2D eigenvalue weighted by molar-refractivity contribution is -0.137. The van der Waals surface area contributed by atoms with E-state index < -0.39 is 17.6 Å². The molecule has 2 aromatic rings. The number of ether oxygens (including phenoxy) is 1. The van der Waals surface area contributed by atoms with Crippen LogP contribution < -0.4 is 10.1 Å². The van der Waals surface area contributed by atoms with Crippen molar-refractivity contribution in [2.75, 3.05) is 12.4 Å². The van der Waals surface area contributed by atoms with Crippen molar-refractivity contribution in [3.05, 3.63) is 57.2 Å². The summed E-state index contributed by atoms with van der Waals surface area (Å²) in [4.78, 5) is 12.1. The second-order valence-electron chi connectivity index (χ2n) is 4.38. The van der Waals surface area contributed by atoms with E-state index in [-0.39, 0.29) is 0 Å². The molecule has 0 aromatic heterocycles. The van der Waals surface area contributed by atoms with Gasteiger partial charge < -0.3 is 10.1 Å². The third-order valence-electron chi connectivity index (χ3n) is 2.90. The second kappa shape index (κ2) is 6.55. The van der Waals surface area contributed by atoms with Crippen LogP contribution in [0.5, 0.6) is 5.75 Å². The van der Waals surface area contributed by atoms with Crippen LogP contribution >= 0.6 is 22.6 Å². The number of amides is 1. The van der Waals surface area contributed by atoms with Crippen LogP contribution in [0, 0.1) is 3.57 Å². The summed E-state index contributed by atoms with van der Waals surface area (Å²) in [5.74, 6) is 0.209. The van der Waals surface area contributed by atoms with Crippen molar-refractivity contribution in [3.63, 3.8) is 0 Å². The smallest absolute Gasteiger partial charge is 0.416 e. The van der Waals surface area contributed by atoms with Crippen molar-refractivity contribution >= 4 is 34.2 Å². The van der Waals surface area contributed by atoms with E-state index in [0.29, 0.717) is 20.6 Å². The Morgan fingerprint density at radius 1 is 1.14 bits per heavy atom. The van der Waals surface area contributed by atoms with Gasteiger partial charge in [-0.1, -0.05) is 0 Å². The van der Waals surface area contributed by atoms with E-state index in [1.807, 2.05) is 0 Å². The molecule has 0 heterocycles. The zero-order valence-corrected chi connectivity index (χ0v) is 13.5. The zero-order chi connectivity index (χ0) is 16.3. The van der Waals surface area contributed by atoms with Gasteiger partial charge in [0.25, 0.3) is 5.91 Å². The third kappa shape index (κ3) is 3.90. The van der Waals surface area contributed by atoms with Gasteiger partial charge in [-0.15, -0.1) is 0 Å². The number of rotatable bonds is 3. The molecule has 0 aliphatic heterocycles. The van der Waals surface area contributed by atoms with Gasteiger partial charge >= 0.3 is 6.18 Å². The molecule has 0 saturated carbocycles. The summed E-state index contributed by atoms with van der Waals surface area (Å²) in [5.41, 5.74) is -0.0368. The minimum atomic E-state index is -4.40. The molecule has 22 heavy (non-hydrogen) atoms. The maximum absolute atomic E-state index is 12.6. The topological polar surface area (TPSA) is 38.3 Å². The molecule has 0 radical (unpaired) electrons. The number of nitrogens with one attached hydrogen (secondary N) is 1. The lowest BCUT2D eigenvalue weighted by Crippen LogP contribution is -2.13. The van der Waals surface area contributed by atoms with Crippen molar-refractivity contribution in [2.45, 2.75) is 6.18 Å². The minimum absolute atomic E-state index is 0.314. The first kappa shape index (κ1) is 16.6. The average molecular weight is 421 g/mol. The lowest BCUT2D eigenvalue weighted by atomic mass is 10.1. The van der Waals surface area contributed by atoms with Gasteiger partial charge in [0.1, 0.15) is 5.75 Å². The molecule has 0 unspecified atom stereocenters. The highest BCUT2D eigenvalue weighted by Gasteiger charge is 2.30. The van der Waals surface area contributed by atoms with Crippen LogP contribution in [0.4, 0.5) is 18.9 Å². The fourth-order valence-electron chi connectivity index (χ4n) is 1.73. The molecule has 0 spiro atoms. The molecule has 2 rings (SSSR count). The van der Waals surface area contributed by atoms with Gasteiger partial charge in [-0.25, -0.2) is 0 Å². The molecule has 2 aromatic carbocycles. The van der Waals surface area contributed by atoms with Crippen LogP contribution in [0.15, 0.2) is 42.5 Å². The van der Waals surface area contributed by atoms with Gasteiger partial charge in [0.05, 0.1) is 18.4 Å². The Hall–Kier alpha value is -1.77. The number of halogens is 4. The number of alkyl halides is 3. The first-order chi connectivity index (χ1) is 10.3. The molecule has 0 bridgehead atoms. The Labute approximate surface area is 138 Å². The number of hydrogen-bond donors (Lipinski definition) is 1. The van der Waals surface area contributed by atoms with E-state index >= 15 is 0 Å². The predicted octanol–water partition coefficient (Wildman–Crippen LogP) is 4.57. The number of benzene rings is 2. The normalized spacial score (nSPS) is 11.1. The van der Waals surface area contributed by atoms with Gasteiger partial charge in [0.15, 0.2) is 0 Å². The summed E-state index contributed by atoms with van der Waals surface area (Å²) in [7, 11) is 1.51. The summed E-state index contributed by atoms with van der Waals surface area (Å²) in [6, 6.07) is 9.58. The maximum atomic E-state index is 12.6. The molecule has 0 aliphatic rings. The van der Waals surface area contributed by atoms with Crippen molar-refractivity contribution < 1.29 is 22.7 Å². The molecule has 1 amide bonds. The fraction of sp³-hybridized carbons (Fsp3) is 0.133. The van der Waals surface area contributed by atoms with E-state index in [1.54, 1.807) is 46.9 Å². The summed E-state index contributed by atoms with van der Waals surface area (Å²) in [6.45, 7) is 0. The maximum Gasteiger partial charge on any atom is 0.416 e. The van der Waals surface area contributed by atoms with E-state index in [1.165, 1.54) is 13.2 Å². The fourth-order valence-corrected chi connectivity index (χ4v) is 2.38. The molecule has 116 valence electrons. The van der Waals surface area contributed by atoms with Gasteiger partial charge in [0.2, 0.25) is 0 Å². The highest BCUT2D eigenvalue weighted by Crippen LogP contribution is 2.32. The first-order valence-corrected chi connectivity index (χ1v) is 7.21. The van der Waals surface area contributed by atoms with E-state index in [0.717, 1.165) is 12.1 Å². The number of anilines is 1. The Morgan fingerprint density at radius 3 is 2.27 bits per heavy atom. The van der Waals surface area contributed by atoms with Gasteiger partial charge in [-0.3, -0.25) is 4.79 Å². The average Bonchev–Trinajstić information content (AvgIpc) is 2.48. The first-order valence-electron chi connectivity index (χ1n) is 6.13. The van der Waals surface area contributed by atoms with Crippen molar-refractivity contribution in [2.24, 2.45) is 0 Å². The number of carbonyl (C=O) groups excluding carboxylic acids is 1. The molecule has 3 nitrogen and oxygen atoms in total. The molecule has 0 saturated heterocycles. The van der Waals surface area contributed by atoms with Crippen LogP contribution in [-0.4, -0.2) is 13.0 Å². The van der Waals surface area contributed by atoms with Crippen LogP contribution in [0.25, 0.3) is 0 Å². The van der Waals surface area contributed by atoms with Crippen molar-refractivity contribution in [1.29, 1.82) is 0 Å². The monoisotopic (exact) mass is 421 g/mol. The van der Waals surface area contributed by atoms with Gasteiger partial charge in [-0.05, 0) is 65.1 Å². The lowest BCUT2D eigenvalue weighted by Gasteiger charge is -2.11. The van der Waals surface area contributed by atoms with E-state index in [4.69, 9.17) is 4.74 Å². The third-order valence-corrected chi connectivity index (χ3v) is 3.79. The van der Waals surface area contributed by atoms with Crippen molar-refractivity contribution in [3.8, 4) is 5.75 Å². The largest absolute Gasteiger partial charge is 0.497 e. The van der Waals surface area contributed by atoms with Crippen LogP contribution in [0.3, 0.4) is 0 Å². The van der Waals surface area contributed by atoms with Crippen LogP contribution in [0.1, 0.15) is 15.9 Å². The number of hydrogen-bond acceptors (Lipinski definition) is 2. The summed E-state index contributed by atoms with van der Waals surface area (Å²) < 4.78 is 43.1. The number of carbonyl (C=O) groups is 1. The highest BCUT2D eigenvalue weighted by molar-refractivity contribution is 14.1. The molecule has 7 heteroatoms. The highest BCUT2D eigenvalue weighted by atomic mass is 127. The predicted molar refractivity (Wildman–Crippen MR) is 85.1 cm³/mol. The van der Waals surface area contributed by atoms with E-state index in [9.17, 15) is 18.0 Å². The van der Waals surface area contributed by atoms with Gasteiger partial charge in [0, 0.05) is 9.13 Å². The Balaban J connectivity index is 2.17. The van der Waals surface area contributed by atoms with E-state index in [2.05, 4.69) is 5.32 Å². The number of methoxy groups -OCH3 is 1. The molecular weight excluding hydrogens is 410 g/mol.